The van der Waals surface area contributed by atoms with Crippen LogP contribution in [0.3, 0.4) is 0 Å². The van der Waals surface area contributed by atoms with E-state index in [1.165, 1.54) is 0 Å². The van der Waals surface area contributed by atoms with E-state index in [1.54, 1.807) is 4.57 Å². The number of hydrogen-bond acceptors (Lipinski definition) is 7. The SMILES string of the molecule is CCN(c1cc(-c2ccc3c(c2)n(C2CCN(C4COC4)CC2)c(=O)n3C)cc(C(=O)NCc2c(C)cc(C)[nH]c2=O)c1C)C1CCOCC1. The van der Waals surface area contributed by atoms with Crippen molar-refractivity contribution >= 4 is 22.6 Å². The van der Waals surface area contributed by atoms with Gasteiger partial charge in [0.2, 0.25) is 0 Å². The molecule has 50 heavy (non-hydrogen) atoms. The van der Waals surface area contributed by atoms with Gasteiger partial charge in [-0.25, -0.2) is 4.79 Å². The third kappa shape index (κ3) is 6.42. The predicted octanol–water partition coefficient (Wildman–Crippen LogP) is 4.59. The van der Waals surface area contributed by atoms with Crippen LogP contribution in [-0.4, -0.2) is 83.1 Å². The van der Waals surface area contributed by atoms with Gasteiger partial charge in [0.1, 0.15) is 0 Å². The lowest BCUT2D eigenvalue weighted by molar-refractivity contribution is -0.0731. The molecule has 2 aromatic carbocycles. The summed E-state index contributed by atoms with van der Waals surface area (Å²) in [5.74, 6) is -0.227. The molecule has 2 aromatic heterocycles. The van der Waals surface area contributed by atoms with Crippen molar-refractivity contribution < 1.29 is 14.3 Å². The molecule has 1 amide bonds. The van der Waals surface area contributed by atoms with Crippen LogP contribution >= 0.6 is 0 Å². The zero-order valence-corrected chi connectivity index (χ0v) is 30.0. The molecule has 266 valence electrons. The Balaban J connectivity index is 1.27. The number of nitrogens with one attached hydrogen (secondary N) is 2. The molecule has 3 aliphatic heterocycles. The molecule has 3 aliphatic rings. The van der Waals surface area contributed by atoms with Crippen molar-refractivity contribution in [1.82, 2.24) is 24.3 Å². The van der Waals surface area contributed by atoms with Crippen molar-refractivity contribution in [1.29, 1.82) is 0 Å². The minimum absolute atomic E-state index is 0.00491. The van der Waals surface area contributed by atoms with E-state index in [1.807, 2.05) is 50.6 Å². The fourth-order valence-corrected chi connectivity index (χ4v) is 8.23. The second-order valence-corrected chi connectivity index (χ2v) is 14.3. The number of ether oxygens (including phenoxy) is 2. The lowest BCUT2D eigenvalue weighted by atomic mass is 9.94. The minimum Gasteiger partial charge on any atom is -0.381 e. The van der Waals surface area contributed by atoms with E-state index in [-0.39, 0.29) is 29.7 Å². The molecule has 0 unspecified atom stereocenters. The number of H-pyrrole nitrogens is 1. The maximum absolute atomic E-state index is 14.1. The number of amides is 1. The Morgan fingerprint density at radius 2 is 1.66 bits per heavy atom. The molecule has 3 fully saturated rings. The van der Waals surface area contributed by atoms with Crippen LogP contribution in [-0.2, 0) is 23.1 Å². The highest BCUT2D eigenvalue weighted by Gasteiger charge is 2.32. The van der Waals surface area contributed by atoms with Gasteiger partial charge in [0.15, 0.2) is 0 Å². The first-order valence-electron chi connectivity index (χ1n) is 18.1. The van der Waals surface area contributed by atoms with Crippen LogP contribution in [0, 0.1) is 20.8 Å². The van der Waals surface area contributed by atoms with Crippen LogP contribution in [0.2, 0.25) is 0 Å². The van der Waals surface area contributed by atoms with Gasteiger partial charge in [-0.05, 0) is 106 Å². The number of nitrogens with zero attached hydrogens (tertiary/aromatic N) is 4. The van der Waals surface area contributed by atoms with E-state index in [4.69, 9.17) is 9.47 Å². The first-order chi connectivity index (χ1) is 24.1. The molecule has 7 rings (SSSR count). The summed E-state index contributed by atoms with van der Waals surface area (Å²) in [6.45, 7) is 13.8. The van der Waals surface area contributed by atoms with E-state index in [0.29, 0.717) is 36.4 Å². The van der Waals surface area contributed by atoms with Gasteiger partial charge in [0.05, 0.1) is 30.3 Å². The second-order valence-electron chi connectivity index (χ2n) is 14.3. The standard InChI is InChI=1S/C39H50N6O5/c1-6-44(29-11-15-49-16-12-29)35-20-28(18-32(26(35)4)37(46)40-21-33-24(2)17-25(3)41-38(33)47)27-7-8-34-36(19-27)45(39(48)42(34)5)30-9-13-43(14-10-30)31-22-50-23-31/h7-8,17-20,29-31H,6,9-16,21-23H2,1-5H3,(H,40,46)(H,41,47). The van der Waals surface area contributed by atoms with Crippen molar-refractivity contribution in [2.75, 3.05) is 51.0 Å². The van der Waals surface area contributed by atoms with Gasteiger partial charge in [0, 0.05) is 81.0 Å². The largest absolute Gasteiger partial charge is 0.381 e. The number of carbonyl (C=O) groups is 1. The second kappa shape index (κ2) is 14.2. The molecule has 2 N–H and O–H groups in total. The predicted molar refractivity (Wildman–Crippen MR) is 196 cm³/mol. The summed E-state index contributed by atoms with van der Waals surface area (Å²) in [6.07, 6.45) is 3.67. The van der Waals surface area contributed by atoms with Crippen molar-refractivity contribution in [3.63, 3.8) is 0 Å². The molecule has 11 nitrogen and oxygen atoms in total. The number of hydrogen-bond donors (Lipinski definition) is 2. The molecule has 0 atom stereocenters. The molecule has 0 spiro atoms. The number of rotatable bonds is 9. The van der Waals surface area contributed by atoms with Crippen molar-refractivity contribution in [2.24, 2.45) is 7.05 Å². The number of aryl methyl sites for hydroxylation is 3. The van der Waals surface area contributed by atoms with E-state index >= 15 is 0 Å². The summed E-state index contributed by atoms with van der Waals surface area (Å²) in [7, 11) is 1.85. The zero-order chi connectivity index (χ0) is 35.1. The first-order valence-corrected chi connectivity index (χ1v) is 18.1. The summed E-state index contributed by atoms with van der Waals surface area (Å²) in [4.78, 5) is 48.3. The molecule has 5 heterocycles. The van der Waals surface area contributed by atoms with Gasteiger partial charge in [-0.3, -0.25) is 23.6 Å². The Bertz CT molecular complexity index is 2010. The number of aromatic amines is 1. The number of pyridine rings is 1. The highest BCUT2D eigenvalue weighted by Crippen LogP contribution is 2.36. The highest BCUT2D eigenvalue weighted by atomic mass is 16.5. The van der Waals surface area contributed by atoms with Crippen molar-refractivity contribution in [2.45, 2.75) is 78.0 Å². The molecule has 0 aliphatic carbocycles. The summed E-state index contributed by atoms with van der Waals surface area (Å²) < 4.78 is 14.9. The van der Waals surface area contributed by atoms with Crippen LogP contribution in [0.1, 0.15) is 71.4 Å². The Morgan fingerprint density at radius 1 is 0.920 bits per heavy atom. The minimum atomic E-state index is -0.227. The average Bonchev–Trinajstić information content (AvgIpc) is 3.33. The maximum atomic E-state index is 14.1. The quantitative estimate of drug-likeness (QED) is 0.266. The van der Waals surface area contributed by atoms with E-state index in [0.717, 1.165) is 103 Å². The zero-order valence-electron chi connectivity index (χ0n) is 30.0. The number of carbonyl (C=O) groups excluding carboxylic acids is 1. The molecule has 0 radical (unpaired) electrons. The van der Waals surface area contributed by atoms with E-state index in [2.05, 4.69) is 45.2 Å². The number of anilines is 1. The maximum Gasteiger partial charge on any atom is 0.329 e. The van der Waals surface area contributed by atoms with Crippen molar-refractivity contribution in [3.05, 3.63) is 85.2 Å². The van der Waals surface area contributed by atoms with Gasteiger partial charge < -0.3 is 24.7 Å². The molecule has 11 heteroatoms. The van der Waals surface area contributed by atoms with Gasteiger partial charge >= 0.3 is 5.69 Å². The number of imidazole rings is 1. The van der Waals surface area contributed by atoms with Gasteiger partial charge in [-0.15, -0.1) is 0 Å². The molecular weight excluding hydrogens is 632 g/mol. The molecule has 0 saturated carbocycles. The Labute approximate surface area is 293 Å². The van der Waals surface area contributed by atoms with Crippen LogP contribution in [0.5, 0.6) is 0 Å². The molecule has 3 saturated heterocycles. The van der Waals surface area contributed by atoms with Crippen LogP contribution in [0.4, 0.5) is 5.69 Å². The highest BCUT2D eigenvalue weighted by molar-refractivity contribution is 5.99. The lowest BCUT2D eigenvalue weighted by Gasteiger charge is -2.41. The van der Waals surface area contributed by atoms with E-state index < -0.39 is 0 Å². The fourth-order valence-electron chi connectivity index (χ4n) is 8.23. The number of fused-ring (bicyclic) bond motifs is 1. The third-order valence-corrected chi connectivity index (χ3v) is 11.2. The normalized spacial score (nSPS) is 18.0. The monoisotopic (exact) mass is 682 g/mol. The van der Waals surface area contributed by atoms with Gasteiger partial charge in [-0.2, -0.15) is 0 Å². The summed E-state index contributed by atoms with van der Waals surface area (Å²) in [6, 6.07) is 13.2. The Kier molecular flexibility index (Phi) is 9.74. The fraction of sp³-hybridized carbons (Fsp3) is 0.513. The lowest BCUT2D eigenvalue weighted by Crippen LogP contribution is -2.52. The number of piperidine rings is 1. The Hall–Kier alpha value is -4.19. The van der Waals surface area contributed by atoms with Crippen molar-refractivity contribution in [3.8, 4) is 11.1 Å². The summed E-state index contributed by atoms with van der Waals surface area (Å²) >= 11 is 0. The van der Waals surface area contributed by atoms with Gasteiger partial charge in [0.25, 0.3) is 11.5 Å². The Morgan fingerprint density at radius 3 is 2.32 bits per heavy atom. The van der Waals surface area contributed by atoms with Crippen LogP contribution < -0.4 is 21.5 Å². The topological polar surface area (TPSA) is 114 Å². The summed E-state index contributed by atoms with van der Waals surface area (Å²) in [5, 5.41) is 3.05. The molecular formula is C39H50N6O5. The number of benzene rings is 2. The van der Waals surface area contributed by atoms with Gasteiger partial charge in [-0.1, -0.05) is 6.07 Å². The van der Waals surface area contributed by atoms with Crippen LogP contribution in [0.15, 0.2) is 46.0 Å². The number of likely N-dealkylation sites (tertiary alicyclic amines) is 1. The first kappa shape index (κ1) is 34.3. The average molecular weight is 683 g/mol. The summed E-state index contributed by atoms with van der Waals surface area (Å²) in [5.41, 5.74) is 8.17. The third-order valence-electron chi connectivity index (χ3n) is 11.2. The number of aromatic nitrogens is 3. The molecule has 4 aromatic rings. The molecule has 0 bridgehead atoms. The van der Waals surface area contributed by atoms with E-state index in [9.17, 15) is 14.4 Å². The smallest absolute Gasteiger partial charge is 0.329 e. The van der Waals surface area contributed by atoms with Crippen LogP contribution in [0.25, 0.3) is 22.2 Å².